The fraction of sp³-hybridized carbons (Fsp3) is 0.583. The molecular formula is C12H18BrN5O. The molecule has 0 aliphatic heterocycles. The van der Waals surface area contributed by atoms with E-state index in [-0.39, 0.29) is 0 Å². The molecule has 0 aliphatic rings. The Morgan fingerprint density at radius 3 is 2.79 bits per heavy atom. The van der Waals surface area contributed by atoms with Crippen LogP contribution in [0.15, 0.2) is 9.00 Å². The fourth-order valence-electron chi connectivity index (χ4n) is 1.86. The van der Waals surface area contributed by atoms with Crippen LogP contribution in [0.2, 0.25) is 0 Å². The van der Waals surface area contributed by atoms with Crippen LogP contribution in [0, 0.1) is 6.92 Å². The van der Waals surface area contributed by atoms with E-state index in [9.17, 15) is 0 Å². The van der Waals surface area contributed by atoms with E-state index >= 15 is 0 Å². The van der Waals surface area contributed by atoms with E-state index in [0.717, 1.165) is 41.8 Å². The summed E-state index contributed by atoms with van der Waals surface area (Å²) in [4.78, 5) is 4.16. The molecule has 104 valence electrons. The van der Waals surface area contributed by atoms with E-state index in [4.69, 9.17) is 4.52 Å². The minimum atomic E-state index is 0.670. The highest BCUT2D eigenvalue weighted by Gasteiger charge is 2.11. The van der Waals surface area contributed by atoms with Gasteiger partial charge in [-0.1, -0.05) is 12.1 Å². The maximum Gasteiger partial charge on any atom is 0.227 e. The average Bonchev–Trinajstić information content (AvgIpc) is 2.91. The number of halogens is 1. The number of nitrogens with zero attached hydrogens (tertiary/aromatic N) is 4. The summed E-state index contributed by atoms with van der Waals surface area (Å²) in [6.45, 7) is 5.47. The van der Waals surface area contributed by atoms with Crippen molar-refractivity contribution in [2.24, 2.45) is 7.05 Å². The van der Waals surface area contributed by atoms with Gasteiger partial charge in [0.2, 0.25) is 5.89 Å². The lowest BCUT2D eigenvalue weighted by molar-refractivity contribution is 0.372. The molecule has 19 heavy (non-hydrogen) atoms. The van der Waals surface area contributed by atoms with Crippen LogP contribution in [0.25, 0.3) is 0 Å². The number of rotatable bonds is 6. The molecule has 0 spiro atoms. The van der Waals surface area contributed by atoms with Gasteiger partial charge in [-0.25, -0.2) is 0 Å². The maximum absolute atomic E-state index is 5.06. The zero-order valence-corrected chi connectivity index (χ0v) is 13.0. The second kappa shape index (κ2) is 6.29. The van der Waals surface area contributed by atoms with E-state index in [1.807, 2.05) is 18.7 Å². The third-order valence-corrected chi connectivity index (χ3v) is 3.80. The number of hydrogen-bond acceptors (Lipinski definition) is 5. The second-order valence-electron chi connectivity index (χ2n) is 4.35. The normalized spacial score (nSPS) is 11.2. The van der Waals surface area contributed by atoms with Crippen molar-refractivity contribution in [2.45, 2.75) is 33.2 Å². The number of nitrogens with one attached hydrogen (secondary N) is 1. The Balaban J connectivity index is 1.84. The van der Waals surface area contributed by atoms with E-state index in [2.05, 4.69) is 43.4 Å². The van der Waals surface area contributed by atoms with E-state index < -0.39 is 0 Å². The SMILES string of the molecule is CCc1nn(C)c(CNCCc2nc(C)no2)c1Br. The summed E-state index contributed by atoms with van der Waals surface area (Å²) in [6, 6.07) is 0. The molecule has 0 unspecified atom stereocenters. The molecule has 0 saturated heterocycles. The van der Waals surface area contributed by atoms with E-state index in [1.54, 1.807) is 0 Å². The van der Waals surface area contributed by atoms with Crippen LogP contribution in [-0.2, 0) is 26.4 Å². The lowest BCUT2D eigenvalue weighted by atomic mass is 10.3. The van der Waals surface area contributed by atoms with Gasteiger partial charge in [0.05, 0.1) is 15.9 Å². The quantitative estimate of drug-likeness (QED) is 0.819. The lowest BCUT2D eigenvalue weighted by Crippen LogP contribution is -2.19. The minimum absolute atomic E-state index is 0.670. The van der Waals surface area contributed by atoms with Crippen molar-refractivity contribution in [1.29, 1.82) is 0 Å². The first kappa shape index (κ1) is 14.2. The van der Waals surface area contributed by atoms with Crippen molar-refractivity contribution < 1.29 is 4.52 Å². The van der Waals surface area contributed by atoms with Crippen LogP contribution >= 0.6 is 15.9 Å². The summed E-state index contributed by atoms with van der Waals surface area (Å²) in [5.74, 6) is 1.35. The Hall–Kier alpha value is -1.21. The molecule has 1 N–H and O–H groups in total. The van der Waals surface area contributed by atoms with Gasteiger partial charge in [0.25, 0.3) is 0 Å². The van der Waals surface area contributed by atoms with Crippen LogP contribution in [0.3, 0.4) is 0 Å². The Labute approximate surface area is 120 Å². The molecule has 0 fully saturated rings. The molecule has 7 heteroatoms. The third kappa shape index (κ3) is 3.42. The highest BCUT2D eigenvalue weighted by atomic mass is 79.9. The van der Waals surface area contributed by atoms with Crippen molar-refractivity contribution in [3.63, 3.8) is 0 Å². The molecule has 0 radical (unpaired) electrons. The zero-order chi connectivity index (χ0) is 13.8. The lowest BCUT2D eigenvalue weighted by Gasteiger charge is -2.04. The summed E-state index contributed by atoms with van der Waals surface area (Å²) in [5, 5.41) is 11.6. The van der Waals surface area contributed by atoms with Crippen molar-refractivity contribution in [2.75, 3.05) is 6.54 Å². The predicted octanol–water partition coefficient (Wildman–Crippen LogP) is 1.77. The smallest absolute Gasteiger partial charge is 0.227 e. The Bertz CT molecular complexity index is 548. The monoisotopic (exact) mass is 327 g/mol. The highest BCUT2D eigenvalue weighted by Crippen LogP contribution is 2.21. The first-order valence-electron chi connectivity index (χ1n) is 6.32. The summed E-state index contributed by atoms with van der Waals surface area (Å²) in [6.07, 6.45) is 1.66. The Morgan fingerprint density at radius 1 is 1.42 bits per heavy atom. The van der Waals surface area contributed by atoms with Gasteiger partial charge in [-0.2, -0.15) is 10.1 Å². The summed E-state index contributed by atoms with van der Waals surface area (Å²) < 4.78 is 8.06. The van der Waals surface area contributed by atoms with E-state index in [0.29, 0.717) is 11.7 Å². The molecule has 2 rings (SSSR count). The van der Waals surface area contributed by atoms with Gasteiger partial charge in [-0.05, 0) is 29.3 Å². The molecule has 6 nitrogen and oxygen atoms in total. The molecule has 0 aliphatic carbocycles. The van der Waals surface area contributed by atoms with Gasteiger partial charge >= 0.3 is 0 Å². The molecule has 2 aromatic heterocycles. The van der Waals surface area contributed by atoms with Gasteiger partial charge < -0.3 is 9.84 Å². The molecular weight excluding hydrogens is 310 g/mol. The first-order valence-corrected chi connectivity index (χ1v) is 7.11. The number of aromatic nitrogens is 4. The van der Waals surface area contributed by atoms with Crippen molar-refractivity contribution >= 4 is 15.9 Å². The van der Waals surface area contributed by atoms with Crippen molar-refractivity contribution in [3.05, 3.63) is 27.6 Å². The molecule has 0 amide bonds. The fourth-order valence-corrected chi connectivity index (χ4v) is 2.61. The highest BCUT2D eigenvalue weighted by molar-refractivity contribution is 9.10. The van der Waals surface area contributed by atoms with Gasteiger partial charge in [-0.15, -0.1) is 0 Å². The molecule has 0 atom stereocenters. The average molecular weight is 328 g/mol. The van der Waals surface area contributed by atoms with Crippen LogP contribution in [0.5, 0.6) is 0 Å². The number of aryl methyl sites for hydroxylation is 3. The molecule has 0 bridgehead atoms. The predicted molar refractivity (Wildman–Crippen MR) is 74.7 cm³/mol. The number of hydrogen-bond donors (Lipinski definition) is 1. The summed E-state index contributed by atoms with van der Waals surface area (Å²) >= 11 is 3.60. The van der Waals surface area contributed by atoms with Crippen molar-refractivity contribution in [3.8, 4) is 0 Å². The van der Waals surface area contributed by atoms with Crippen molar-refractivity contribution in [1.82, 2.24) is 25.2 Å². The van der Waals surface area contributed by atoms with Gasteiger partial charge in [0.15, 0.2) is 5.82 Å². The zero-order valence-electron chi connectivity index (χ0n) is 11.4. The summed E-state index contributed by atoms with van der Waals surface area (Å²) in [7, 11) is 1.96. The Kier molecular flexibility index (Phi) is 4.71. The first-order chi connectivity index (χ1) is 9.11. The summed E-state index contributed by atoms with van der Waals surface area (Å²) in [5.41, 5.74) is 2.24. The van der Waals surface area contributed by atoms with Crippen LogP contribution in [-0.4, -0.2) is 26.5 Å². The topological polar surface area (TPSA) is 68.8 Å². The third-order valence-electron chi connectivity index (χ3n) is 2.88. The van der Waals surface area contributed by atoms with Gasteiger partial charge in [0, 0.05) is 26.6 Å². The minimum Gasteiger partial charge on any atom is -0.339 e. The van der Waals surface area contributed by atoms with Crippen LogP contribution < -0.4 is 5.32 Å². The molecule has 2 heterocycles. The molecule has 0 saturated carbocycles. The van der Waals surface area contributed by atoms with Gasteiger partial charge in [-0.3, -0.25) is 4.68 Å². The largest absolute Gasteiger partial charge is 0.339 e. The molecule has 0 aromatic carbocycles. The molecule has 2 aromatic rings. The van der Waals surface area contributed by atoms with Crippen LogP contribution in [0.1, 0.15) is 30.0 Å². The van der Waals surface area contributed by atoms with E-state index in [1.165, 1.54) is 0 Å². The Morgan fingerprint density at radius 2 is 2.21 bits per heavy atom. The van der Waals surface area contributed by atoms with Gasteiger partial charge in [0.1, 0.15) is 0 Å². The standard InChI is InChI=1S/C12H18BrN5O/c1-4-9-12(13)10(18(3)16-9)7-14-6-5-11-15-8(2)17-19-11/h14H,4-7H2,1-3H3. The maximum atomic E-state index is 5.06. The van der Waals surface area contributed by atoms with Crippen LogP contribution in [0.4, 0.5) is 0 Å². The second-order valence-corrected chi connectivity index (χ2v) is 5.14.